The molecule has 1 aromatic heterocycles. The summed E-state index contributed by atoms with van der Waals surface area (Å²) in [5.74, 6) is 0.693. The molecule has 1 aliphatic rings. The molecule has 0 saturated heterocycles. The van der Waals surface area contributed by atoms with Gasteiger partial charge in [0.25, 0.3) is 5.69 Å². The Balaban J connectivity index is 2.11. The van der Waals surface area contributed by atoms with E-state index in [4.69, 9.17) is 5.73 Å². The van der Waals surface area contributed by atoms with Crippen LogP contribution in [-0.2, 0) is 12.8 Å². The van der Waals surface area contributed by atoms with Crippen molar-refractivity contribution in [2.45, 2.75) is 26.2 Å². The van der Waals surface area contributed by atoms with Crippen molar-refractivity contribution in [3.63, 3.8) is 0 Å². The number of non-ortho nitro benzene ring substituents is 1. The summed E-state index contributed by atoms with van der Waals surface area (Å²) in [4.78, 5) is 11.9. The van der Waals surface area contributed by atoms with E-state index in [9.17, 15) is 10.1 Å². The average Bonchev–Trinajstić information content (AvgIpc) is 2.73. The summed E-state index contributed by atoms with van der Waals surface area (Å²) < 4.78 is 0. The van der Waals surface area contributed by atoms with Gasteiger partial charge in [-0.3, -0.25) is 10.1 Å². The molecular formula is C15H16N2O2S. The smallest absolute Gasteiger partial charge is 0.270 e. The Labute approximate surface area is 121 Å². The maximum atomic E-state index is 10.9. The molecule has 20 heavy (non-hydrogen) atoms. The van der Waals surface area contributed by atoms with Gasteiger partial charge >= 0.3 is 0 Å². The summed E-state index contributed by atoms with van der Waals surface area (Å²) in [5, 5.41) is 11.7. The molecular weight excluding hydrogens is 272 g/mol. The van der Waals surface area contributed by atoms with Crippen molar-refractivity contribution in [1.29, 1.82) is 0 Å². The first kappa shape index (κ1) is 13.1. The van der Waals surface area contributed by atoms with Crippen molar-refractivity contribution in [3.8, 4) is 11.1 Å². The molecule has 3 rings (SSSR count). The van der Waals surface area contributed by atoms with E-state index in [-0.39, 0.29) is 10.6 Å². The summed E-state index contributed by atoms with van der Waals surface area (Å²) in [6.07, 6.45) is 3.24. The molecule has 0 spiro atoms. The highest BCUT2D eigenvalue weighted by Gasteiger charge is 2.24. The van der Waals surface area contributed by atoms with E-state index >= 15 is 0 Å². The quantitative estimate of drug-likeness (QED) is 0.670. The van der Waals surface area contributed by atoms with Crippen molar-refractivity contribution in [1.82, 2.24) is 0 Å². The molecule has 2 aromatic rings. The summed E-state index contributed by atoms with van der Waals surface area (Å²) in [7, 11) is 0. The van der Waals surface area contributed by atoms with Crippen molar-refractivity contribution in [3.05, 3.63) is 44.8 Å². The molecule has 0 aliphatic heterocycles. The third-order valence-corrected chi connectivity index (χ3v) is 4.97. The predicted molar refractivity (Wildman–Crippen MR) is 82.0 cm³/mol. The molecule has 5 heteroatoms. The molecule has 0 amide bonds. The zero-order valence-electron chi connectivity index (χ0n) is 11.3. The summed E-state index contributed by atoms with van der Waals surface area (Å²) in [6.45, 7) is 2.26. The van der Waals surface area contributed by atoms with Gasteiger partial charge in [0, 0.05) is 22.6 Å². The van der Waals surface area contributed by atoms with Gasteiger partial charge in [0.15, 0.2) is 0 Å². The fraction of sp³-hybridized carbons (Fsp3) is 0.333. The fourth-order valence-electron chi connectivity index (χ4n) is 2.86. The second-order valence-electron chi connectivity index (χ2n) is 5.40. The van der Waals surface area contributed by atoms with E-state index in [1.165, 1.54) is 16.5 Å². The van der Waals surface area contributed by atoms with Crippen LogP contribution in [0.2, 0.25) is 0 Å². The number of anilines is 1. The van der Waals surface area contributed by atoms with Gasteiger partial charge in [0.05, 0.1) is 9.92 Å². The van der Waals surface area contributed by atoms with Crippen molar-refractivity contribution < 1.29 is 4.92 Å². The van der Waals surface area contributed by atoms with Crippen LogP contribution in [0.5, 0.6) is 0 Å². The van der Waals surface area contributed by atoms with E-state index in [1.807, 2.05) is 6.07 Å². The zero-order valence-corrected chi connectivity index (χ0v) is 12.1. The van der Waals surface area contributed by atoms with E-state index in [1.54, 1.807) is 23.5 Å². The highest BCUT2D eigenvalue weighted by atomic mass is 32.1. The Bertz CT molecular complexity index is 679. The highest BCUT2D eigenvalue weighted by Crippen LogP contribution is 2.44. The molecule has 1 aromatic carbocycles. The van der Waals surface area contributed by atoms with E-state index in [2.05, 4.69) is 6.92 Å². The predicted octanol–water partition coefficient (Wildman–Crippen LogP) is 4.03. The standard InChI is InChI=1S/C15H16N2O2S/c1-9-5-6-12-13(7-9)20-15(16)14(12)10-3-2-4-11(8-10)17(18)19/h2-4,8-9H,5-7,16H2,1H3. The summed E-state index contributed by atoms with van der Waals surface area (Å²) >= 11 is 1.64. The number of thiophene rings is 1. The van der Waals surface area contributed by atoms with E-state index in [0.29, 0.717) is 5.92 Å². The molecule has 1 aliphatic carbocycles. The molecule has 0 saturated carbocycles. The molecule has 0 radical (unpaired) electrons. The zero-order chi connectivity index (χ0) is 14.3. The number of nitrogens with zero attached hydrogens (tertiary/aromatic N) is 1. The van der Waals surface area contributed by atoms with Crippen molar-refractivity contribution in [2.75, 3.05) is 5.73 Å². The van der Waals surface area contributed by atoms with Crippen LogP contribution in [0.1, 0.15) is 23.8 Å². The van der Waals surface area contributed by atoms with Gasteiger partial charge in [-0.15, -0.1) is 11.3 Å². The third kappa shape index (κ3) is 2.18. The Kier molecular flexibility index (Phi) is 3.22. The largest absolute Gasteiger partial charge is 0.390 e. The average molecular weight is 288 g/mol. The SMILES string of the molecule is CC1CCc2c(sc(N)c2-c2cccc([N+](=O)[O-])c2)C1. The second kappa shape index (κ2) is 4.90. The number of nitrogens with two attached hydrogens (primary N) is 1. The number of hydrogen-bond donors (Lipinski definition) is 1. The molecule has 2 N–H and O–H groups in total. The first-order valence-electron chi connectivity index (χ1n) is 6.71. The molecule has 4 nitrogen and oxygen atoms in total. The van der Waals surface area contributed by atoms with E-state index in [0.717, 1.165) is 35.4 Å². The Morgan fingerprint density at radius 2 is 2.25 bits per heavy atom. The normalized spacial score (nSPS) is 17.8. The minimum atomic E-state index is -0.361. The monoisotopic (exact) mass is 288 g/mol. The van der Waals surface area contributed by atoms with Crippen LogP contribution >= 0.6 is 11.3 Å². The van der Waals surface area contributed by atoms with Crippen LogP contribution in [0.4, 0.5) is 10.7 Å². The number of nitro groups is 1. The topological polar surface area (TPSA) is 69.2 Å². The molecule has 1 heterocycles. The van der Waals surface area contributed by atoms with Crippen LogP contribution in [0.25, 0.3) is 11.1 Å². The van der Waals surface area contributed by atoms with Gasteiger partial charge < -0.3 is 5.73 Å². The summed E-state index contributed by atoms with van der Waals surface area (Å²) in [6, 6.07) is 6.77. The van der Waals surface area contributed by atoms with Crippen LogP contribution < -0.4 is 5.73 Å². The van der Waals surface area contributed by atoms with Gasteiger partial charge in [0.1, 0.15) is 0 Å². The first-order valence-corrected chi connectivity index (χ1v) is 7.52. The maximum Gasteiger partial charge on any atom is 0.270 e. The number of benzene rings is 1. The number of nitro benzene ring substituents is 1. The number of fused-ring (bicyclic) bond motifs is 1. The van der Waals surface area contributed by atoms with Crippen LogP contribution in [0.3, 0.4) is 0 Å². The lowest BCUT2D eigenvalue weighted by Gasteiger charge is -2.18. The molecule has 1 atom stereocenters. The van der Waals surface area contributed by atoms with Crippen LogP contribution in [0, 0.1) is 16.0 Å². The van der Waals surface area contributed by atoms with E-state index < -0.39 is 0 Å². The Hall–Kier alpha value is -1.88. The maximum absolute atomic E-state index is 10.9. The van der Waals surface area contributed by atoms with Crippen LogP contribution in [-0.4, -0.2) is 4.92 Å². The Morgan fingerprint density at radius 1 is 1.45 bits per heavy atom. The lowest BCUT2D eigenvalue weighted by Crippen LogP contribution is -2.09. The number of nitrogen functional groups attached to an aromatic ring is 1. The molecule has 0 fully saturated rings. The lowest BCUT2D eigenvalue weighted by molar-refractivity contribution is -0.384. The van der Waals surface area contributed by atoms with Gasteiger partial charge in [-0.2, -0.15) is 0 Å². The fourth-order valence-corrected chi connectivity index (χ4v) is 4.17. The first-order chi connectivity index (χ1) is 9.56. The summed E-state index contributed by atoms with van der Waals surface area (Å²) in [5.41, 5.74) is 9.47. The highest BCUT2D eigenvalue weighted by molar-refractivity contribution is 7.16. The molecule has 1 unspecified atom stereocenters. The van der Waals surface area contributed by atoms with Gasteiger partial charge in [-0.25, -0.2) is 0 Å². The van der Waals surface area contributed by atoms with Gasteiger partial charge in [-0.1, -0.05) is 19.1 Å². The van der Waals surface area contributed by atoms with Crippen molar-refractivity contribution in [2.24, 2.45) is 5.92 Å². The minimum absolute atomic E-state index is 0.117. The molecule has 104 valence electrons. The Morgan fingerprint density at radius 3 is 3.00 bits per heavy atom. The molecule has 0 bridgehead atoms. The number of rotatable bonds is 2. The lowest BCUT2D eigenvalue weighted by atomic mass is 9.87. The van der Waals surface area contributed by atoms with Crippen molar-refractivity contribution >= 4 is 22.0 Å². The van der Waals surface area contributed by atoms with Gasteiger partial charge in [0.2, 0.25) is 0 Å². The number of hydrogen-bond acceptors (Lipinski definition) is 4. The van der Waals surface area contributed by atoms with Gasteiger partial charge in [-0.05, 0) is 36.3 Å². The minimum Gasteiger partial charge on any atom is -0.390 e. The van der Waals surface area contributed by atoms with Crippen LogP contribution in [0.15, 0.2) is 24.3 Å². The third-order valence-electron chi connectivity index (χ3n) is 3.88. The second-order valence-corrected chi connectivity index (χ2v) is 6.54.